The number of aryl methyl sites for hydroxylation is 2. The molecule has 1 amide bonds. The van der Waals surface area contributed by atoms with E-state index >= 15 is 0 Å². The number of fused-ring (bicyclic) bond motifs is 1. The Morgan fingerprint density at radius 1 is 1.14 bits per heavy atom. The van der Waals surface area contributed by atoms with Crippen LogP contribution in [0.3, 0.4) is 0 Å². The molecule has 0 fully saturated rings. The summed E-state index contributed by atoms with van der Waals surface area (Å²) >= 11 is 0. The molecule has 3 aromatic rings. The first-order valence-corrected chi connectivity index (χ1v) is 7.23. The van der Waals surface area contributed by atoms with Crippen molar-refractivity contribution in [2.75, 3.05) is 0 Å². The van der Waals surface area contributed by atoms with E-state index in [4.69, 9.17) is 0 Å². The molecule has 0 aliphatic rings. The largest absolute Gasteiger partial charge is 0.342 e. The minimum atomic E-state index is -0.231. The number of hydrogen-bond acceptors (Lipinski definition) is 3. The highest BCUT2D eigenvalue weighted by atomic mass is 16.1. The maximum absolute atomic E-state index is 12.4. The molecule has 5 heteroatoms. The van der Waals surface area contributed by atoms with Crippen LogP contribution in [0.2, 0.25) is 0 Å². The first-order chi connectivity index (χ1) is 10.5. The molecule has 0 saturated carbocycles. The van der Waals surface area contributed by atoms with Gasteiger partial charge in [0.2, 0.25) is 0 Å². The summed E-state index contributed by atoms with van der Waals surface area (Å²) in [4.78, 5) is 12.4. The average Bonchev–Trinajstić information content (AvgIpc) is 2.90. The van der Waals surface area contributed by atoms with Crippen molar-refractivity contribution in [3.05, 3.63) is 65.1 Å². The van der Waals surface area contributed by atoms with E-state index in [0.717, 1.165) is 16.8 Å². The number of benzene rings is 1. The second-order valence-electron chi connectivity index (χ2n) is 5.56. The topological polar surface area (TPSA) is 59.3 Å². The van der Waals surface area contributed by atoms with Crippen molar-refractivity contribution in [1.29, 1.82) is 0 Å². The summed E-state index contributed by atoms with van der Waals surface area (Å²) in [5.74, 6) is 0.611. The summed E-state index contributed by atoms with van der Waals surface area (Å²) in [6, 6.07) is 11.3. The number of hydrogen-bond donors (Lipinski definition) is 1. The molecule has 22 heavy (non-hydrogen) atoms. The Kier molecular flexibility index (Phi) is 3.63. The summed E-state index contributed by atoms with van der Waals surface area (Å²) in [6.45, 7) is 5.88. The fourth-order valence-corrected chi connectivity index (χ4v) is 2.61. The fraction of sp³-hybridized carbons (Fsp3) is 0.235. The van der Waals surface area contributed by atoms with Crippen molar-refractivity contribution in [3.8, 4) is 0 Å². The van der Waals surface area contributed by atoms with Gasteiger partial charge in [0, 0.05) is 11.8 Å². The van der Waals surface area contributed by atoms with Gasteiger partial charge in [0.05, 0.1) is 6.04 Å². The van der Waals surface area contributed by atoms with Crippen LogP contribution in [-0.2, 0) is 0 Å². The first-order valence-electron chi connectivity index (χ1n) is 7.23. The summed E-state index contributed by atoms with van der Waals surface area (Å²) in [6.07, 6.45) is 1.89. The molecule has 0 saturated heterocycles. The summed E-state index contributed by atoms with van der Waals surface area (Å²) in [5.41, 5.74) is 3.58. The van der Waals surface area contributed by atoms with Gasteiger partial charge in [-0.25, -0.2) is 0 Å². The summed E-state index contributed by atoms with van der Waals surface area (Å²) in [5, 5.41) is 11.3. The number of nitrogens with one attached hydrogen (secondary N) is 1. The molecule has 2 aromatic heterocycles. The van der Waals surface area contributed by atoms with Gasteiger partial charge in [-0.15, -0.1) is 10.2 Å². The van der Waals surface area contributed by atoms with Crippen LogP contribution in [0.15, 0.2) is 42.6 Å². The van der Waals surface area contributed by atoms with Crippen LogP contribution in [0, 0.1) is 13.8 Å². The molecule has 2 heterocycles. The SMILES string of the molecule is Cc1cc(C)cc(C(=O)N[C@H](C)c2nnc3ccccn23)c1. The Morgan fingerprint density at radius 2 is 1.86 bits per heavy atom. The number of amides is 1. The maximum atomic E-state index is 12.4. The van der Waals surface area contributed by atoms with Crippen LogP contribution in [-0.4, -0.2) is 20.5 Å². The molecule has 0 spiro atoms. The van der Waals surface area contributed by atoms with E-state index in [9.17, 15) is 4.79 Å². The number of aromatic nitrogens is 3. The third-order valence-electron chi connectivity index (χ3n) is 3.56. The Hall–Kier alpha value is -2.69. The van der Waals surface area contributed by atoms with E-state index in [2.05, 4.69) is 15.5 Å². The van der Waals surface area contributed by atoms with Gasteiger partial charge in [0.1, 0.15) is 0 Å². The smallest absolute Gasteiger partial charge is 0.251 e. The highest BCUT2D eigenvalue weighted by Gasteiger charge is 2.16. The van der Waals surface area contributed by atoms with Gasteiger partial charge >= 0.3 is 0 Å². The summed E-state index contributed by atoms with van der Waals surface area (Å²) in [7, 11) is 0. The molecule has 0 aliphatic heterocycles. The molecular formula is C17H18N4O. The standard InChI is InChI=1S/C17H18N4O/c1-11-8-12(2)10-14(9-11)17(22)18-13(3)16-20-19-15-6-4-5-7-21(15)16/h4-10,13H,1-3H3,(H,18,22)/t13-/m1/s1. The molecule has 1 atom stereocenters. The van der Waals surface area contributed by atoms with Crippen molar-refractivity contribution in [1.82, 2.24) is 19.9 Å². The Labute approximate surface area is 129 Å². The van der Waals surface area contributed by atoms with E-state index < -0.39 is 0 Å². The van der Waals surface area contributed by atoms with E-state index in [1.165, 1.54) is 0 Å². The van der Waals surface area contributed by atoms with E-state index in [1.807, 2.05) is 67.8 Å². The molecule has 1 N–H and O–H groups in total. The molecule has 0 aliphatic carbocycles. The predicted molar refractivity (Wildman–Crippen MR) is 84.8 cm³/mol. The van der Waals surface area contributed by atoms with Crippen LogP contribution in [0.25, 0.3) is 5.65 Å². The van der Waals surface area contributed by atoms with Gasteiger partial charge in [-0.1, -0.05) is 23.3 Å². The maximum Gasteiger partial charge on any atom is 0.251 e. The first kappa shape index (κ1) is 14.3. The number of carbonyl (C=O) groups excluding carboxylic acids is 1. The molecule has 0 bridgehead atoms. The van der Waals surface area contributed by atoms with Crippen molar-refractivity contribution < 1.29 is 4.79 Å². The molecule has 1 aromatic carbocycles. The van der Waals surface area contributed by atoms with Gasteiger partial charge in [-0.2, -0.15) is 0 Å². The number of pyridine rings is 1. The van der Waals surface area contributed by atoms with Gasteiger partial charge in [-0.3, -0.25) is 9.20 Å². The van der Waals surface area contributed by atoms with Crippen molar-refractivity contribution in [2.24, 2.45) is 0 Å². The van der Waals surface area contributed by atoms with Gasteiger partial charge in [0.15, 0.2) is 11.5 Å². The van der Waals surface area contributed by atoms with Crippen LogP contribution in [0.4, 0.5) is 0 Å². The molecule has 0 unspecified atom stereocenters. The molecular weight excluding hydrogens is 276 g/mol. The molecule has 112 valence electrons. The lowest BCUT2D eigenvalue weighted by atomic mass is 10.1. The quantitative estimate of drug-likeness (QED) is 0.808. The van der Waals surface area contributed by atoms with Crippen LogP contribution in [0.5, 0.6) is 0 Å². The highest BCUT2D eigenvalue weighted by Crippen LogP contribution is 2.14. The monoisotopic (exact) mass is 294 g/mol. The lowest BCUT2D eigenvalue weighted by Crippen LogP contribution is -2.28. The second-order valence-corrected chi connectivity index (χ2v) is 5.56. The van der Waals surface area contributed by atoms with Gasteiger partial charge < -0.3 is 5.32 Å². The Balaban J connectivity index is 1.84. The zero-order valence-electron chi connectivity index (χ0n) is 12.9. The highest BCUT2D eigenvalue weighted by molar-refractivity contribution is 5.94. The lowest BCUT2D eigenvalue weighted by molar-refractivity contribution is 0.0938. The second kappa shape index (κ2) is 5.60. The van der Waals surface area contributed by atoms with Crippen molar-refractivity contribution >= 4 is 11.6 Å². The third-order valence-corrected chi connectivity index (χ3v) is 3.56. The molecule has 0 radical (unpaired) electrons. The van der Waals surface area contributed by atoms with E-state index in [0.29, 0.717) is 11.4 Å². The van der Waals surface area contributed by atoms with Gasteiger partial charge in [0.25, 0.3) is 5.91 Å². The molecule has 5 nitrogen and oxygen atoms in total. The van der Waals surface area contributed by atoms with E-state index in [-0.39, 0.29) is 11.9 Å². The Bertz CT molecular complexity index is 817. The normalized spacial score (nSPS) is 12.3. The van der Waals surface area contributed by atoms with Crippen LogP contribution < -0.4 is 5.32 Å². The number of carbonyl (C=O) groups is 1. The number of nitrogens with zero attached hydrogens (tertiary/aromatic N) is 3. The van der Waals surface area contributed by atoms with E-state index in [1.54, 1.807) is 0 Å². The molecule has 3 rings (SSSR count). The van der Waals surface area contributed by atoms with Crippen molar-refractivity contribution in [2.45, 2.75) is 26.8 Å². The predicted octanol–water partition coefficient (Wildman–Crippen LogP) is 2.84. The minimum absolute atomic E-state index is 0.105. The zero-order valence-corrected chi connectivity index (χ0v) is 12.9. The Morgan fingerprint density at radius 3 is 2.59 bits per heavy atom. The van der Waals surface area contributed by atoms with Gasteiger partial charge in [-0.05, 0) is 45.0 Å². The fourth-order valence-electron chi connectivity index (χ4n) is 2.61. The minimum Gasteiger partial charge on any atom is -0.342 e. The zero-order chi connectivity index (χ0) is 15.7. The van der Waals surface area contributed by atoms with Crippen molar-refractivity contribution in [3.63, 3.8) is 0 Å². The lowest BCUT2D eigenvalue weighted by Gasteiger charge is -2.13. The summed E-state index contributed by atoms with van der Waals surface area (Å²) < 4.78 is 1.88. The van der Waals surface area contributed by atoms with Crippen LogP contribution in [0.1, 0.15) is 40.3 Å². The average molecular weight is 294 g/mol. The third kappa shape index (κ3) is 2.70. The number of rotatable bonds is 3. The van der Waals surface area contributed by atoms with Crippen LogP contribution >= 0.6 is 0 Å².